The zero-order chi connectivity index (χ0) is 11.1. The molecule has 1 aliphatic heterocycles. The summed E-state index contributed by atoms with van der Waals surface area (Å²) in [5.74, 6) is 1.18. The number of hydrogen-bond acceptors (Lipinski definition) is 3. The van der Waals surface area contributed by atoms with E-state index < -0.39 is 0 Å². The Bertz CT molecular complexity index is 257. The molecule has 0 aromatic carbocycles. The maximum absolute atomic E-state index is 11.9. The predicted molar refractivity (Wildman–Crippen MR) is 58.5 cm³/mol. The van der Waals surface area contributed by atoms with Crippen LogP contribution in [0.5, 0.6) is 0 Å². The summed E-state index contributed by atoms with van der Waals surface area (Å²) < 4.78 is 5.43. The standard InChI is InChI=1S/C12H21NO2/c1-12(2,3)15-11(14)10-9-6-4-5-8(9)7-13-10/h8-10,13H,4-7H2,1-3H3/t8-,9+,10?/m0/s1. The van der Waals surface area contributed by atoms with Crippen LogP contribution in [0.2, 0.25) is 0 Å². The van der Waals surface area contributed by atoms with Crippen molar-refractivity contribution in [2.45, 2.75) is 51.7 Å². The Balaban J connectivity index is 1.96. The van der Waals surface area contributed by atoms with E-state index in [1.165, 1.54) is 19.3 Å². The lowest BCUT2D eigenvalue weighted by Gasteiger charge is -2.24. The first-order chi connectivity index (χ1) is 6.97. The van der Waals surface area contributed by atoms with Gasteiger partial charge in [0.15, 0.2) is 0 Å². The number of hydrogen-bond donors (Lipinski definition) is 1. The van der Waals surface area contributed by atoms with Gasteiger partial charge in [-0.15, -0.1) is 0 Å². The van der Waals surface area contributed by atoms with Gasteiger partial charge in [-0.05, 0) is 52.0 Å². The summed E-state index contributed by atoms with van der Waals surface area (Å²) in [5, 5.41) is 3.31. The lowest BCUT2D eigenvalue weighted by molar-refractivity contribution is -0.158. The van der Waals surface area contributed by atoms with Crippen molar-refractivity contribution in [1.29, 1.82) is 0 Å². The van der Waals surface area contributed by atoms with Crippen LogP contribution in [0.25, 0.3) is 0 Å². The number of carbonyl (C=O) groups excluding carboxylic acids is 1. The second kappa shape index (κ2) is 3.78. The maximum atomic E-state index is 11.9. The van der Waals surface area contributed by atoms with Gasteiger partial charge in [-0.25, -0.2) is 0 Å². The Labute approximate surface area is 91.6 Å². The van der Waals surface area contributed by atoms with Crippen LogP contribution in [0.3, 0.4) is 0 Å². The van der Waals surface area contributed by atoms with E-state index in [-0.39, 0.29) is 17.6 Å². The lowest BCUT2D eigenvalue weighted by atomic mass is 9.94. The molecule has 1 N–H and O–H groups in total. The first-order valence-corrected chi connectivity index (χ1v) is 5.93. The van der Waals surface area contributed by atoms with Crippen LogP contribution in [-0.4, -0.2) is 24.2 Å². The van der Waals surface area contributed by atoms with Crippen molar-refractivity contribution < 1.29 is 9.53 Å². The molecule has 3 atom stereocenters. The smallest absolute Gasteiger partial charge is 0.323 e. The monoisotopic (exact) mass is 211 g/mol. The van der Waals surface area contributed by atoms with Crippen molar-refractivity contribution in [1.82, 2.24) is 5.32 Å². The Hall–Kier alpha value is -0.570. The number of carbonyl (C=O) groups is 1. The summed E-state index contributed by atoms with van der Waals surface area (Å²) in [6, 6.07) is -0.0447. The van der Waals surface area contributed by atoms with Crippen LogP contribution < -0.4 is 5.32 Å². The minimum absolute atomic E-state index is 0.0447. The Morgan fingerprint density at radius 1 is 1.33 bits per heavy atom. The predicted octanol–water partition coefficient (Wildman–Crippen LogP) is 1.72. The number of ether oxygens (including phenoxy) is 1. The van der Waals surface area contributed by atoms with Gasteiger partial charge in [-0.1, -0.05) is 6.42 Å². The SMILES string of the molecule is CC(C)(C)OC(=O)C1NC[C@@H]2CCC[C@@H]12. The Kier molecular flexibility index (Phi) is 2.75. The molecule has 0 aromatic rings. The number of esters is 1. The molecule has 0 aromatic heterocycles. The third kappa shape index (κ3) is 2.33. The van der Waals surface area contributed by atoms with E-state index in [4.69, 9.17) is 4.74 Å². The normalized spacial score (nSPS) is 35.3. The second-order valence-electron chi connectivity index (χ2n) is 5.77. The Morgan fingerprint density at radius 3 is 2.73 bits per heavy atom. The van der Waals surface area contributed by atoms with Crippen molar-refractivity contribution in [3.05, 3.63) is 0 Å². The molecule has 15 heavy (non-hydrogen) atoms. The van der Waals surface area contributed by atoms with Crippen LogP contribution in [0.15, 0.2) is 0 Å². The zero-order valence-electron chi connectivity index (χ0n) is 9.88. The molecule has 0 bridgehead atoms. The molecule has 86 valence electrons. The van der Waals surface area contributed by atoms with Crippen molar-refractivity contribution in [2.75, 3.05) is 6.54 Å². The molecule has 0 amide bonds. The number of nitrogens with one attached hydrogen (secondary N) is 1. The average Bonchev–Trinajstić information content (AvgIpc) is 2.57. The second-order valence-corrected chi connectivity index (χ2v) is 5.77. The van der Waals surface area contributed by atoms with Gasteiger partial charge in [-0.3, -0.25) is 4.79 Å². The molecule has 2 rings (SSSR count). The summed E-state index contributed by atoms with van der Waals surface area (Å²) in [4.78, 5) is 11.9. The van der Waals surface area contributed by atoms with Gasteiger partial charge in [0.25, 0.3) is 0 Å². The largest absolute Gasteiger partial charge is 0.459 e. The van der Waals surface area contributed by atoms with Crippen molar-refractivity contribution >= 4 is 5.97 Å². The van der Waals surface area contributed by atoms with E-state index in [1.807, 2.05) is 20.8 Å². The van der Waals surface area contributed by atoms with E-state index in [1.54, 1.807) is 0 Å². The average molecular weight is 211 g/mol. The van der Waals surface area contributed by atoms with Crippen molar-refractivity contribution in [2.24, 2.45) is 11.8 Å². The molecule has 0 spiro atoms. The highest BCUT2D eigenvalue weighted by atomic mass is 16.6. The molecule has 3 nitrogen and oxygen atoms in total. The van der Waals surface area contributed by atoms with E-state index in [2.05, 4.69) is 5.32 Å². The summed E-state index contributed by atoms with van der Waals surface area (Å²) in [6.07, 6.45) is 3.73. The molecule has 0 radical (unpaired) electrons. The summed E-state index contributed by atoms with van der Waals surface area (Å²) in [6.45, 7) is 6.76. The fraction of sp³-hybridized carbons (Fsp3) is 0.917. The van der Waals surface area contributed by atoms with Crippen LogP contribution in [0.1, 0.15) is 40.0 Å². The summed E-state index contributed by atoms with van der Waals surface area (Å²) >= 11 is 0. The molecule has 1 heterocycles. The molecular weight excluding hydrogens is 190 g/mol. The van der Waals surface area contributed by atoms with E-state index in [0.29, 0.717) is 11.8 Å². The van der Waals surface area contributed by atoms with E-state index in [9.17, 15) is 4.79 Å². The summed E-state index contributed by atoms with van der Waals surface area (Å²) in [5.41, 5.74) is -0.366. The molecule has 2 aliphatic rings. The van der Waals surface area contributed by atoms with Gasteiger partial charge in [0.05, 0.1) is 0 Å². The fourth-order valence-corrected chi connectivity index (χ4v) is 2.81. The van der Waals surface area contributed by atoms with E-state index in [0.717, 1.165) is 6.54 Å². The van der Waals surface area contributed by atoms with Crippen molar-refractivity contribution in [3.8, 4) is 0 Å². The minimum atomic E-state index is -0.366. The first-order valence-electron chi connectivity index (χ1n) is 5.93. The zero-order valence-corrected chi connectivity index (χ0v) is 9.88. The molecule has 1 aliphatic carbocycles. The minimum Gasteiger partial charge on any atom is -0.459 e. The van der Waals surface area contributed by atoms with Gasteiger partial charge < -0.3 is 10.1 Å². The molecular formula is C12H21NO2. The van der Waals surface area contributed by atoms with Crippen LogP contribution in [0, 0.1) is 11.8 Å². The third-order valence-corrected chi connectivity index (χ3v) is 3.41. The van der Waals surface area contributed by atoms with E-state index >= 15 is 0 Å². The summed E-state index contributed by atoms with van der Waals surface area (Å²) in [7, 11) is 0. The quantitative estimate of drug-likeness (QED) is 0.671. The van der Waals surface area contributed by atoms with Crippen molar-refractivity contribution in [3.63, 3.8) is 0 Å². The van der Waals surface area contributed by atoms with Gasteiger partial charge >= 0.3 is 5.97 Å². The molecule has 1 unspecified atom stereocenters. The molecule has 3 heteroatoms. The van der Waals surface area contributed by atoms with Crippen LogP contribution in [-0.2, 0) is 9.53 Å². The molecule has 1 saturated heterocycles. The van der Waals surface area contributed by atoms with Gasteiger partial charge in [0.2, 0.25) is 0 Å². The fourth-order valence-electron chi connectivity index (χ4n) is 2.81. The van der Waals surface area contributed by atoms with Gasteiger partial charge in [0, 0.05) is 0 Å². The highest BCUT2D eigenvalue weighted by Gasteiger charge is 2.43. The van der Waals surface area contributed by atoms with Crippen LogP contribution in [0.4, 0.5) is 0 Å². The number of fused-ring (bicyclic) bond motifs is 1. The maximum Gasteiger partial charge on any atom is 0.323 e. The Morgan fingerprint density at radius 2 is 2.07 bits per heavy atom. The topological polar surface area (TPSA) is 38.3 Å². The third-order valence-electron chi connectivity index (χ3n) is 3.41. The molecule has 1 saturated carbocycles. The molecule has 2 fully saturated rings. The number of rotatable bonds is 1. The van der Waals surface area contributed by atoms with Gasteiger partial charge in [0.1, 0.15) is 11.6 Å². The highest BCUT2D eigenvalue weighted by molar-refractivity contribution is 5.77. The van der Waals surface area contributed by atoms with Crippen LogP contribution >= 0.6 is 0 Å². The first kappa shape index (κ1) is 10.9. The highest BCUT2D eigenvalue weighted by Crippen LogP contribution is 2.38. The lowest BCUT2D eigenvalue weighted by Crippen LogP contribution is -2.40. The van der Waals surface area contributed by atoms with Gasteiger partial charge in [-0.2, -0.15) is 0 Å².